The van der Waals surface area contributed by atoms with Crippen molar-refractivity contribution in [1.29, 1.82) is 0 Å². The van der Waals surface area contributed by atoms with Crippen LogP contribution in [0.25, 0.3) is 11.0 Å². The van der Waals surface area contributed by atoms with Crippen molar-refractivity contribution >= 4 is 34.4 Å². The Hall–Kier alpha value is -3.35. The maximum absolute atomic E-state index is 12.1. The summed E-state index contributed by atoms with van der Waals surface area (Å²) < 4.78 is 0. The van der Waals surface area contributed by atoms with Crippen LogP contribution in [-0.2, 0) is 4.79 Å². The lowest BCUT2D eigenvalue weighted by Gasteiger charge is -2.25. The van der Waals surface area contributed by atoms with Gasteiger partial charge in [0.25, 0.3) is 0 Å². The molecule has 2 aromatic heterocycles. The highest BCUT2D eigenvalue weighted by Gasteiger charge is 2.49. The van der Waals surface area contributed by atoms with Gasteiger partial charge in [-0.2, -0.15) is 0 Å². The van der Waals surface area contributed by atoms with Crippen LogP contribution in [0.3, 0.4) is 0 Å². The summed E-state index contributed by atoms with van der Waals surface area (Å²) in [6.07, 6.45) is 7.16. The van der Waals surface area contributed by atoms with Crippen LogP contribution in [0.15, 0.2) is 48.7 Å². The Morgan fingerprint density at radius 2 is 2.14 bits per heavy atom. The molecule has 1 saturated carbocycles. The first-order chi connectivity index (χ1) is 13.6. The average Bonchev–Trinajstić information content (AvgIpc) is 3.37. The molecule has 1 fully saturated rings. The molecule has 2 aliphatic rings. The first-order valence-corrected chi connectivity index (χ1v) is 9.57. The Balaban J connectivity index is 1.49. The van der Waals surface area contributed by atoms with E-state index in [-0.39, 0.29) is 23.8 Å². The largest absolute Gasteiger partial charge is 0.369 e. The number of primary amides is 1. The van der Waals surface area contributed by atoms with Crippen molar-refractivity contribution in [3.8, 4) is 0 Å². The summed E-state index contributed by atoms with van der Waals surface area (Å²) in [5, 5.41) is 7.84. The second-order valence-corrected chi connectivity index (χ2v) is 7.74. The summed E-state index contributed by atoms with van der Waals surface area (Å²) in [6.45, 7) is 2.05. The van der Waals surface area contributed by atoms with Crippen LogP contribution in [0.2, 0.25) is 0 Å². The summed E-state index contributed by atoms with van der Waals surface area (Å²) in [7, 11) is 0. The van der Waals surface area contributed by atoms with E-state index < -0.39 is 0 Å². The van der Waals surface area contributed by atoms with Gasteiger partial charge in [0.15, 0.2) is 0 Å². The van der Waals surface area contributed by atoms with Crippen molar-refractivity contribution in [2.24, 2.45) is 23.5 Å². The molecule has 2 aliphatic carbocycles. The standard InChI is InChI=1S/C21H22N6O/c1-11-3-2-4-14(9-11)24-21-26-19-15(7-8-23-19)20(27-21)25-17-13-6-5-12(10-13)16(17)18(22)28/h2-9,12-13,16-17H,10H2,1H3,(H2,22,28)(H3,23,24,25,26,27)/p+1. The molecule has 5 rings (SSSR count). The van der Waals surface area contributed by atoms with Gasteiger partial charge in [0.2, 0.25) is 17.4 Å². The van der Waals surface area contributed by atoms with Crippen LogP contribution < -0.4 is 21.4 Å². The fourth-order valence-electron chi connectivity index (χ4n) is 4.59. The van der Waals surface area contributed by atoms with E-state index in [0.717, 1.165) is 29.0 Å². The Morgan fingerprint density at radius 1 is 1.29 bits per heavy atom. The summed E-state index contributed by atoms with van der Waals surface area (Å²) in [5.41, 5.74) is 8.61. The first-order valence-electron chi connectivity index (χ1n) is 9.57. The van der Waals surface area contributed by atoms with Gasteiger partial charge in [-0.25, -0.2) is 4.98 Å². The number of benzene rings is 1. The summed E-state index contributed by atoms with van der Waals surface area (Å²) >= 11 is 0. The van der Waals surface area contributed by atoms with Crippen LogP contribution in [0.4, 0.5) is 17.5 Å². The highest BCUT2D eigenvalue weighted by Crippen LogP contribution is 2.44. The zero-order chi connectivity index (χ0) is 19.3. The van der Waals surface area contributed by atoms with Gasteiger partial charge in [-0.15, -0.1) is 0 Å². The number of fused-ring (bicyclic) bond motifs is 3. The first kappa shape index (κ1) is 16.8. The number of nitrogens with zero attached hydrogens (tertiary/aromatic N) is 1. The van der Waals surface area contributed by atoms with Gasteiger partial charge in [-0.05, 0) is 43.0 Å². The van der Waals surface area contributed by atoms with Crippen molar-refractivity contribution in [2.45, 2.75) is 19.4 Å². The summed E-state index contributed by atoms with van der Waals surface area (Å²) in [4.78, 5) is 23.2. The number of H-pyrrole nitrogens is 2. The molecule has 0 aliphatic heterocycles. The number of hydrogen-bond donors (Lipinski definition) is 4. The minimum Gasteiger partial charge on any atom is -0.369 e. The van der Waals surface area contributed by atoms with E-state index in [2.05, 4.69) is 56.8 Å². The zero-order valence-corrected chi connectivity index (χ0v) is 15.6. The third kappa shape index (κ3) is 2.79. The van der Waals surface area contributed by atoms with Gasteiger partial charge in [-0.1, -0.05) is 29.3 Å². The molecule has 2 bridgehead atoms. The number of carbonyl (C=O) groups excluding carboxylic acids is 1. The maximum atomic E-state index is 12.1. The predicted molar refractivity (Wildman–Crippen MR) is 108 cm³/mol. The molecule has 1 amide bonds. The van der Waals surface area contributed by atoms with E-state index in [1.165, 1.54) is 5.56 Å². The molecule has 3 aromatic rings. The SMILES string of the molecule is Cc1cccc(Nc2nc3[nH]ccc3c(NC3C4C=CC(C4)C3C(N)=O)[nH+]2)c1. The molecular weight excluding hydrogens is 352 g/mol. The Morgan fingerprint density at radius 3 is 2.96 bits per heavy atom. The smallest absolute Gasteiger partial charge is 0.351 e. The van der Waals surface area contributed by atoms with Gasteiger partial charge >= 0.3 is 5.95 Å². The van der Waals surface area contributed by atoms with Crippen LogP contribution in [0.5, 0.6) is 0 Å². The molecule has 0 radical (unpaired) electrons. The van der Waals surface area contributed by atoms with Crippen molar-refractivity contribution in [3.63, 3.8) is 0 Å². The molecule has 7 heteroatoms. The van der Waals surface area contributed by atoms with Crippen LogP contribution in [0.1, 0.15) is 12.0 Å². The van der Waals surface area contributed by atoms with E-state index in [0.29, 0.717) is 11.9 Å². The molecule has 6 N–H and O–H groups in total. The molecule has 7 nitrogen and oxygen atoms in total. The molecule has 1 aromatic carbocycles. The highest BCUT2D eigenvalue weighted by molar-refractivity contribution is 5.87. The van der Waals surface area contributed by atoms with E-state index in [9.17, 15) is 4.79 Å². The van der Waals surface area contributed by atoms with Gasteiger partial charge in [0, 0.05) is 12.1 Å². The van der Waals surface area contributed by atoms with Gasteiger partial charge < -0.3 is 16.0 Å². The lowest BCUT2D eigenvalue weighted by Crippen LogP contribution is -2.42. The second-order valence-electron chi connectivity index (χ2n) is 7.74. The van der Waals surface area contributed by atoms with Gasteiger partial charge in [0.1, 0.15) is 0 Å². The topological polar surface area (TPSA) is 110 Å². The minimum atomic E-state index is -0.244. The monoisotopic (exact) mass is 375 g/mol. The maximum Gasteiger partial charge on any atom is 0.351 e. The quantitative estimate of drug-likeness (QED) is 0.514. The Labute approximate surface area is 162 Å². The van der Waals surface area contributed by atoms with Crippen molar-refractivity contribution in [2.75, 3.05) is 10.6 Å². The number of hydrogen-bond acceptors (Lipinski definition) is 4. The predicted octanol–water partition coefficient (Wildman–Crippen LogP) is 2.52. The average molecular weight is 375 g/mol. The number of nitrogens with one attached hydrogen (secondary N) is 4. The molecule has 142 valence electrons. The summed E-state index contributed by atoms with van der Waals surface area (Å²) in [5.74, 6) is 1.56. The lowest BCUT2D eigenvalue weighted by atomic mass is 9.88. The minimum absolute atomic E-state index is 0.0175. The zero-order valence-electron chi connectivity index (χ0n) is 15.6. The molecular formula is C21H23N6O+. The number of aromatic nitrogens is 3. The third-order valence-electron chi connectivity index (χ3n) is 5.84. The molecule has 4 atom stereocenters. The molecule has 2 heterocycles. The van der Waals surface area contributed by atoms with Crippen molar-refractivity contribution < 1.29 is 9.78 Å². The number of aryl methyl sites for hydroxylation is 1. The van der Waals surface area contributed by atoms with E-state index >= 15 is 0 Å². The van der Waals surface area contributed by atoms with Gasteiger partial charge in [0.05, 0.1) is 23.0 Å². The molecule has 4 unspecified atom stereocenters. The number of nitrogens with two attached hydrogens (primary N) is 1. The Bertz CT molecular complexity index is 1090. The number of anilines is 3. The van der Waals surface area contributed by atoms with Crippen LogP contribution in [0, 0.1) is 24.7 Å². The molecule has 28 heavy (non-hydrogen) atoms. The molecule has 0 saturated heterocycles. The van der Waals surface area contributed by atoms with E-state index in [4.69, 9.17) is 5.73 Å². The van der Waals surface area contributed by atoms with Crippen molar-refractivity contribution in [3.05, 3.63) is 54.2 Å². The number of carbonyl (C=O) groups is 1. The second kappa shape index (κ2) is 6.37. The lowest BCUT2D eigenvalue weighted by molar-refractivity contribution is -0.346. The van der Waals surface area contributed by atoms with Gasteiger partial charge in [-0.3, -0.25) is 10.1 Å². The number of amides is 1. The number of allylic oxidation sites excluding steroid dienone is 1. The fourth-order valence-corrected chi connectivity index (χ4v) is 4.59. The molecule has 0 spiro atoms. The van der Waals surface area contributed by atoms with Crippen LogP contribution in [-0.4, -0.2) is 21.9 Å². The van der Waals surface area contributed by atoms with Crippen molar-refractivity contribution in [1.82, 2.24) is 9.97 Å². The highest BCUT2D eigenvalue weighted by atomic mass is 16.1. The number of aromatic amines is 2. The fraction of sp³-hybridized carbons (Fsp3) is 0.286. The third-order valence-corrected chi connectivity index (χ3v) is 5.84. The van der Waals surface area contributed by atoms with Crippen LogP contribution >= 0.6 is 0 Å². The number of rotatable bonds is 5. The van der Waals surface area contributed by atoms with E-state index in [1.807, 2.05) is 24.4 Å². The normalized spacial score (nSPS) is 25.3. The van der Waals surface area contributed by atoms with E-state index in [1.54, 1.807) is 0 Å². The Kier molecular flexibility index (Phi) is 3.82. The summed E-state index contributed by atoms with van der Waals surface area (Å²) in [6, 6.07) is 10.1.